The number of carbonyl (C=O) groups excluding carboxylic acids is 3. The van der Waals surface area contributed by atoms with E-state index in [9.17, 15) is 14.4 Å². The van der Waals surface area contributed by atoms with Crippen LogP contribution in [0.4, 0.5) is 5.69 Å². The summed E-state index contributed by atoms with van der Waals surface area (Å²) in [4.78, 5) is 38.0. The second-order valence-electron chi connectivity index (χ2n) is 8.62. The number of nitrogens with zero attached hydrogens (tertiary/aromatic N) is 1. The van der Waals surface area contributed by atoms with Gasteiger partial charge in [-0.25, -0.2) is 0 Å². The van der Waals surface area contributed by atoms with Gasteiger partial charge in [-0.05, 0) is 24.8 Å². The average molecular weight is 479 g/mol. The number of carbonyl (C=O) groups is 3. The minimum absolute atomic E-state index is 0.0505. The van der Waals surface area contributed by atoms with E-state index in [1.54, 1.807) is 25.2 Å². The maximum Gasteiger partial charge on any atom is 0.246 e. The molecule has 4 N–H and O–H groups in total. The van der Waals surface area contributed by atoms with Gasteiger partial charge in [0.15, 0.2) is 0 Å². The Hall–Kier alpha value is -3.74. The van der Waals surface area contributed by atoms with Gasteiger partial charge in [-0.15, -0.1) is 6.58 Å². The lowest BCUT2D eigenvalue weighted by Crippen LogP contribution is -2.42. The number of allylic oxidation sites excluding steroid dienone is 1. The molecule has 0 aromatic heterocycles. The molecule has 0 spiro atoms. The molecule has 2 aromatic carbocycles. The Balaban J connectivity index is 0.00000142. The molecule has 0 saturated carbocycles. The van der Waals surface area contributed by atoms with E-state index < -0.39 is 11.8 Å². The molecule has 2 rings (SSSR count). The van der Waals surface area contributed by atoms with Gasteiger partial charge in [-0.3, -0.25) is 19.8 Å². The molecule has 0 aliphatic carbocycles. The van der Waals surface area contributed by atoms with E-state index in [1.165, 1.54) is 4.90 Å². The molecule has 0 aliphatic heterocycles. The summed E-state index contributed by atoms with van der Waals surface area (Å²) in [6, 6.07) is 16.4. The first-order valence-corrected chi connectivity index (χ1v) is 11.8. The summed E-state index contributed by atoms with van der Waals surface area (Å²) in [5.41, 5.74) is 7.50. The smallest absolute Gasteiger partial charge is 0.246 e. The SMILES string of the molecule is C=CCC.CC(C)CC(CC(N)=O)C(=O)NCC(=O)N(C)c1ccccc1C(=N)c1ccccc1. The van der Waals surface area contributed by atoms with Crippen LogP contribution in [0.1, 0.15) is 51.2 Å². The van der Waals surface area contributed by atoms with Crippen molar-refractivity contribution < 1.29 is 14.4 Å². The lowest BCUT2D eigenvalue weighted by atomic mass is 9.93. The van der Waals surface area contributed by atoms with Gasteiger partial charge in [0.25, 0.3) is 0 Å². The molecule has 3 amide bonds. The minimum Gasteiger partial charge on any atom is -0.370 e. The number of rotatable bonds is 11. The van der Waals surface area contributed by atoms with Crippen molar-refractivity contribution in [2.75, 3.05) is 18.5 Å². The topological polar surface area (TPSA) is 116 Å². The second-order valence-corrected chi connectivity index (χ2v) is 8.62. The summed E-state index contributed by atoms with van der Waals surface area (Å²) >= 11 is 0. The van der Waals surface area contributed by atoms with Crippen LogP contribution in [0.25, 0.3) is 0 Å². The molecular weight excluding hydrogens is 440 g/mol. The Morgan fingerprint density at radius 3 is 2.20 bits per heavy atom. The van der Waals surface area contributed by atoms with Crippen LogP contribution in [0.5, 0.6) is 0 Å². The molecule has 0 bridgehead atoms. The first kappa shape index (κ1) is 29.3. The molecule has 35 heavy (non-hydrogen) atoms. The average Bonchev–Trinajstić information content (AvgIpc) is 2.85. The molecule has 1 unspecified atom stereocenters. The third-order valence-electron chi connectivity index (χ3n) is 5.25. The number of hydrogen-bond acceptors (Lipinski definition) is 4. The predicted octanol–water partition coefficient (Wildman–Crippen LogP) is 4.30. The Labute approximate surface area is 208 Å². The van der Waals surface area contributed by atoms with E-state index >= 15 is 0 Å². The van der Waals surface area contributed by atoms with Gasteiger partial charge in [0.2, 0.25) is 17.7 Å². The highest BCUT2D eigenvalue weighted by atomic mass is 16.2. The molecule has 1 atom stereocenters. The second kappa shape index (κ2) is 15.2. The van der Waals surface area contributed by atoms with Crippen LogP contribution in [-0.4, -0.2) is 37.0 Å². The number of nitrogens with one attached hydrogen (secondary N) is 2. The zero-order chi connectivity index (χ0) is 26.4. The Morgan fingerprint density at radius 2 is 1.66 bits per heavy atom. The molecule has 7 heteroatoms. The van der Waals surface area contributed by atoms with Crippen molar-refractivity contribution in [3.63, 3.8) is 0 Å². The lowest BCUT2D eigenvalue weighted by molar-refractivity contribution is -0.131. The maximum atomic E-state index is 12.8. The van der Waals surface area contributed by atoms with E-state index in [4.69, 9.17) is 11.1 Å². The highest BCUT2D eigenvalue weighted by Gasteiger charge is 2.24. The van der Waals surface area contributed by atoms with Crippen molar-refractivity contribution in [1.29, 1.82) is 5.41 Å². The fourth-order valence-corrected chi connectivity index (χ4v) is 3.39. The van der Waals surface area contributed by atoms with Crippen molar-refractivity contribution in [2.45, 2.75) is 40.0 Å². The Bertz CT molecular complexity index is 1000. The number of benzene rings is 2. The van der Waals surface area contributed by atoms with E-state index in [2.05, 4.69) is 18.8 Å². The van der Waals surface area contributed by atoms with E-state index in [0.29, 0.717) is 23.4 Å². The Kier molecular flexibility index (Phi) is 12.7. The van der Waals surface area contributed by atoms with E-state index in [-0.39, 0.29) is 30.7 Å². The molecule has 0 heterocycles. The molecule has 2 aromatic rings. The first-order valence-electron chi connectivity index (χ1n) is 11.8. The standard InChI is InChI=1S/C24H30N4O3.C4H8/c1-16(2)13-18(14-21(25)29)24(31)27-15-22(30)28(3)20-12-8-7-11-19(20)23(26)17-9-5-4-6-10-17;1-3-4-2/h4-12,16,18,26H,13-15H2,1-3H3,(H2,25,29)(H,27,31);3H,1,4H2,2H3. The van der Waals surface area contributed by atoms with Crippen LogP contribution >= 0.6 is 0 Å². The van der Waals surface area contributed by atoms with Gasteiger partial charge in [-0.2, -0.15) is 0 Å². The fraction of sp³-hybridized carbons (Fsp3) is 0.357. The summed E-state index contributed by atoms with van der Waals surface area (Å²) in [5, 5.41) is 11.2. The molecule has 7 nitrogen and oxygen atoms in total. The molecule has 0 fully saturated rings. The van der Waals surface area contributed by atoms with Crippen molar-refractivity contribution in [1.82, 2.24) is 5.32 Å². The summed E-state index contributed by atoms with van der Waals surface area (Å²) in [6.07, 6.45) is 3.42. The number of nitrogens with two attached hydrogens (primary N) is 1. The molecule has 188 valence electrons. The van der Waals surface area contributed by atoms with Gasteiger partial charge in [0.1, 0.15) is 0 Å². The van der Waals surface area contributed by atoms with Crippen molar-refractivity contribution in [3.05, 3.63) is 78.4 Å². The maximum absolute atomic E-state index is 12.8. The first-order chi connectivity index (χ1) is 16.6. The minimum atomic E-state index is -0.561. The third kappa shape index (κ3) is 9.96. The van der Waals surface area contributed by atoms with Crippen LogP contribution in [0.15, 0.2) is 67.3 Å². The third-order valence-corrected chi connectivity index (χ3v) is 5.25. The lowest BCUT2D eigenvalue weighted by Gasteiger charge is -2.22. The summed E-state index contributed by atoms with van der Waals surface area (Å²) in [7, 11) is 1.61. The van der Waals surface area contributed by atoms with Crippen LogP contribution in [0.3, 0.4) is 0 Å². The van der Waals surface area contributed by atoms with E-state index in [1.807, 2.05) is 56.3 Å². The van der Waals surface area contributed by atoms with Gasteiger partial charge in [0, 0.05) is 30.5 Å². The fourth-order valence-electron chi connectivity index (χ4n) is 3.39. The number of anilines is 1. The Morgan fingerprint density at radius 1 is 1.09 bits per heavy atom. The highest BCUT2D eigenvalue weighted by Crippen LogP contribution is 2.22. The van der Waals surface area contributed by atoms with Crippen LogP contribution in [0.2, 0.25) is 0 Å². The predicted molar refractivity (Wildman–Crippen MR) is 142 cm³/mol. The normalized spacial score (nSPS) is 11.0. The molecule has 0 saturated heterocycles. The van der Waals surface area contributed by atoms with Crippen LogP contribution in [0, 0.1) is 17.2 Å². The zero-order valence-corrected chi connectivity index (χ0v) is 21.2. The van der Waals surface area contributed by atoms with Crippen LogP contribution in [-0.2, 0) is 14.4 Å². The van der Waals surface area contributed by atoms with Gasteiger partial charge in [0.05, 0.1) is 17.9 Å². The number of likely N-dealkylation sites (N-methyl/N-ethyl adjacent to an activating group) is 1. The van der Waals surface area contributed by atoms with Gasteiger partial charge < -0.3 is 16.0 Å². The molecular formula is C28H38N4O3. The summed E-state index contributed by atoms with van der Waals surface area (Å²) in [5.74, 6) is -1.58. The van der Waals surface area contributed by atoms with Crippen LogP contribution < -0.4 is 16.0 Å². The summed E-state index contributed by atoms with van der Waals surface area (Å²) < 4.78 is 0. The zero-order valence-electron chi connectivity index (χ0n) is 21.2. The molecule has 0 radical (unpaired) electrons. The van der Waals surface area contributed by atoms with Crippen molar-refractivity contribution in [2.24, 2.45) is 17.6 Å². The largest absolute Gasteiger partial charge is 0.370 e. The monoisotopic (exact) mass is 478 g/mol. The number of hydrogen-bond donors (Lipinski definition) is 3. The van der Waals surface area contributed by atoms with Crippen molar-refractivity contribution >= 4 is 29.1 Å². The summed E-state index contributed by atoms with van der Waals surface area (Å²) in [6.45, 7) is 9.24. The number of para-hydroxylation sites is 1. The highest BCUT2D eigenvalue weighted by molar-refractivity contribution is 6.15. The van der Waals surface area contributed by atoms with Gasteiger partial charge in [-0.1, -0.05) is 75.4 Å². The number of primary amides is 1. The quantitative estimate of drug-likeness (QED) is 0.330. The van der Waals surface area contributed by atoms with E-state index in [0.717, 1.165) is 12.0 Å². The molecule has 0 aliphatic rings. The van der Waals surface area contributed by atoms with Gasteiger partial charge >= 0.3 is 0 Å². The van der Waals surface area contributed by atoms with Crippen molar-refractivity contribution in [3.8, 4) is 0 Å². The number of amides is 3.